The van der Waals surface area contributed by atoms with Crippen molar-refractivity contribution in [1.29, 1.82) is 0 Å². The molecule has 0 bridgehead atoms. The van der Waals surface area contributed by atoms with Gasteiger partial charge in [-0.3, -0.25) is 0 Å². The number of ether oxygens (including phenoxy) is 3. The van der Waals surface area contributed by atoms with Crippen LogP contribution >= 0.6 is 11.6 Å². The topological polar surface area (TPSA) is 80.4 Å². The van der Waals surface area contributed by atoms with Crippen molar-refractivity contribution in [3.63, 3.8) is 0 Å². The Bertz CT molecular complexity index is 1330. The molecule has 0 unspecified atom stereocenters. The van der Waals surface area contributed by atoms with Gasteiger partial charge in [0, 0.05) is 30.4 Å². The van der Waals surface area contributed by atoms with E-state index in [2.05, 4.69) is 4.98 Å². The Labute approximate surface area is 202 Å². The van der Waals surface area contributed by atoms with Crippen LogP contribution in [0.25, 0.3) is 23.0 Å². The summed E-state index contributed by atoms with van der Waals surface area (Å²) in [6, 6.07) is 15.3. The molecule has 0 spiro atoms. The van der Waals surface area contributed by atoms with Crippen LogP contribution in [-0.2, 0) is 23.2 Å². The third-order valence-electron chi connectivity index (χ3n) is 5.19. The molecule has 0 fully saturated rings. The standard InChI is InChI=1S/C25H23ClN4O4/c1-29-22(26)14-27-23(29)16-34-24(31)12-10-18-15-30(19-7-5-4-6-8-19)28-25(18)17-9-11-20(32-2)21(13-17)33-3/h4-15H,16H2,1-3H3/b12-10+. The van der Waals surface area contributed by atoms with Gasteiger partial charge in [0.25, 0.3) is 0 Å². The molecule has 174 valence electrons. The molecule has 4 rings (SSSR count). The minimum absolute atomic E-state index is 0.0121. The average Bonchev–Trinajstić information content (AvgIpc) is 3.44. The summed E-state index contributed by atoms with van der Waals surface area (Å²) in [4.78, 5) is 16.5. The number of benzene rings is 2. The van der Waals surface area contributed by atoms with E-state index in [-0.39, 0.29) is 6.61 Å². The Kier molecular flexibility index (Phi) is 6.98. The minimum Gasteiger partial charge on any atom is -0.493 e. The molecule has 0 aliphatic rings. The number of carbonyl (C=O) groups is 1. The van der Waals surface area contributed by atoms with Crippen molar-refractivity contribution < 1.29 is 19.0 Å². The number of imidazole rings is 1. The molecule has 2 aromatic heterocycles. The zero-order chi connectivity index (χ0) is 24.1. The van der Waals surface area contributed by atoms with Crippen LogP contribution in [0.1, 0.15) is 11.4 Å². The fraction of sp³-hybridized carbons (Fsp3) is 0.160. The number of nitrogens with zero attached hydrogens (tertiary/aromatic N) is 4. The fourth-order valence-corrected chi connectivity index (χ4v) is 3.48. The van der Waals surface area contributed by atoms with E-state index in [1.54, 1.807) is 36.6 Å². The van der Waals surface area contributed by atoms with Gasteiger partial charge in [0.15, 0.2) is 11.5 Å². The van der Waals surface area contributed by atoms with Gasteiger partial charge in [-0.15, -0.1) is 0 Å². The van der Waals surface area contributed by atoms with Crippen LogP contribution in [0.15, 0.2) is 67.0 Å². The maximum absolute atomic E-state index is 12.4. The summed E-state index contributed by atoms with van der Waals surface area (Å²) in [5, 5.41) is 5.22. The lowest BCUT2D eigenvalue weighted by atomic mass is 10.1. The maximum atomic E-state index is 12.4. The predicted octanol–water partition coefficient (Wildman–Crippen LogP) is 4.70. The number of hydrogen-bond acceptors (Lipinski definition) is 6. The molecule has 8 nitrogen and oxygen atoms in total. The Morgan fingerprint density at radius 2 is 1.85 bits per heavy atom. The van der Waals surface area contributed by atoms with Gasteiger partial charge in [-0.2, -0.15) is 5.10 Å². The normalized spacial score (nSPS) is 11.1. The molecule has 2 aromatic carbocycles. The first-order valence-corrected chi connectivity index (χ1v) is 10.8. The van der Waals surface area contributed by atoms with Crippen molar-refractivity contribution in [2.75, 3.05) is 14.2 Å². The smallest absolute Gasteiger partial charge is 0.331 e. The van der Waals surface area contributed by atoms with Crippen LogP contribution in [0, 0.1) is 0 Å². The van der Waals surface area contributed by atoms with E-state index in [1.807, 2.05) is 54.7 Å². The van der Waals surface area contributed by atoms with E-state index in [9.17, 15) is 4.79 Å². The lowest BCUT2D eigenvalue weighted by molar-refractivity contribution is -0.139. The number of carbonyl (C=O) groups excluding carboxylic acids is 1. The predicted molar refractivity (Wildman–Crippen MR) is 129 cm³/mol. The maximum Gasteiger partial charge on any atom is 0.331 e. The molecule has 34 heavy (non-hydrogen) atoms. The number of esters is 1. The van der Waals surface area contributed by atoms with E-state index in [1.165, 1.54) is 12.3 Å². The van der Waals surface area contributed by atoms with Gasteiger partial charge in [-0.1, -0.05) is 29.8 Å². The first kappa shape index (κ1) is 23.1. The second-order valence-corrected chi connectivity index (χ2v) is 7.67. The van der Waals surface area contributed by atoms with E-state index in [0.717, 1.165) is 16.8 Å². The van der Waals surface area contributed by atoms with Crippen LogP contribution in [0.5, 0.6) is 11.5 Å². The number of aromatic nitrogens is 4. The van der Waals surface area contributed by atoms with Gasteiger partial charge in [0.05, 0.1) is 26.1 Å². The number of hydrogen-bond donors (Lipinski definition) is 0. The molecule has 0 aliphatic carbocycles. The number of halogens is 1. The van der Waals surface area contributed by atoms with Crippen molar-refractivity contribution in [3.05, 3.63) is 83.5 Å². The van der Waals surface area contributed by atoms with Gasteiger partial charge in [0.2, 0.25) is 0 Å². The van der Waals surface area contributed by atoms with Gasteiger partial charge >= 0.3 is 5.97 Å². The van der Waals surface area contributed by atoms with Crippen LogP contribution in [-0.4, -0.2) is 39.5 Å². The third-order valence-corrected chi connectivity index (χ3v) is 5.54. The van der Waals surface area contributed by atoms with Crippen LogP contribution in [0.3, 0.4) is 0 Å². The SMILES string of the molecule is COc1ccc(-c2nn(-c3ccccc3)cc2/C=C/C(=O)OCc2ncc(Cl)n2C)cc1OC. The molecule has 0 amide bonds. The molecule has 0 atom stereocenters. The molecule has 0 aliphatic heterocycles. The third kappa shape index (κ3) is 4.97. The van der Waals surface area contributed by atoms with Crippen LogP contribution in [0.4, 0.5) is 0 Å². The molecule has 2 heterocycles. The zero-order valence-corrected chi connectivity index (χ0v) is 19.7. The highest BCUT2D eigenvalue weighted by Crippen LogP contribution is 2.33. The number of methoxy groups -OCH3 is 2. The summed E-state index contributed by atoms with van der Waals surface area (Å²) in [5.74, 6) is 1.24. The summed E-state index contributed by atoms with van der Waals surface area (Å²) in [7, 11) is 4.91. The summed E-state index contributed by atoms with van der Waals surface area (Å²) in [5.41, 5.74) is 3.10. The largest absolute Gasteiger partial charge is 0.493 e. The molecule has 0 saturated carbocycles. The Morgan fingerprint density at radius 3 is 2.53 bits per heavy atom. The molecule has 0 radical (unpaired) electrons. The van der Waals surface area contributed by atoms with Crippen molar-refractivity contribution in [2.24, 2.45) is 7.05 Å². The highest BCUT2D eigenvalue weighted by molar-refractivity contribution is 6.29. The van der Waals surface area contributed by atoms with Crippen molar-refractivity contribution >= 4 is 23.6 Å². The van der Waals surface area contributed by atoms with Crippen LogP contribution in [0.2, 0.25) is 5.15 Å². The summed E-state index contributed by atoms with van der Waals surface area (Å²) < 4.78 is 19.5. The van der Waals surface area contributed by atoms with Gasteiger partial charge in [-0.25, -0.2) is 14.5 Å². The Hall–Kier alpha value is -4.04. The fourth-order valence-electron chi connectivity index (χ4n) is 3.33. The first-order valence-electron chi connectivity index (χ1n) is 10.4. The van der Waals surface area contributed by atoms with Gasteiger partial charge in [0.1, 0.15) is 23.3 Å². The Balaban J connectivity index is 1.63. The Morgan fingerprint density at radius 1 is 1.09 bits per heavy atom. The number of rotatable bonds is 8. The second-order valence-electron chi connectivity index (χ2n) is 7.28. The molecule has 9 heteroatoms. The van der Waals surface area contributed by atoms with E-state index in [4.69, 9.17) is 30.9 Å². The van der Waals surface area contributed by atoms with Gasteiger partial charge in [-0.05, 0) is 36.4 Å². The van der Waals surface area contributed by atoms with E-state index < -0.39 is 5.97 Å². The average molecular weight is 479 g/mol. The van der Waals surface area contributed by atoms with Crippen molar-refractivity contribution in [2.45, 2.75) is 6.61 Å². The number of para-hydroxylation sites is 1. The molecular weight excluding hydrogens is 456 g/mol. The minimum atomic E-state index is -0.509. The molecule has 4 aromatic rings. The summed E-state index contributed by atoms with van der Waals surface area (Å²) in [6.07, 6.45) is 6.39. The second kappa shape index (κ2) is 10.3. The summed E-state index contributed by atoms with van der Waals surface area (Å²) >= 11 is 5.97. The van der Waals surface area contributed by atoms with E-state index in [0.29, 0.717) is 28.2 Å². The zero-order valence-electron chi connectivity index (χ0n) is 18.9. The molecular formula is C25H23ClN4O4. The monoisotopic (exact) mass is 478 g/mol. The lowest BCUT2D eigenvalue weighted by Gasteiger charge is -2.09. The molecule has 0 N–H and O–H groups in total. The van der Waals surface area contributed by atoms with Crippen molar-refractivity contribution in [3.8, 4) is 28.4 Å². The highest BCUT2D eigenvalue weighted by atomic mass is 35.5. The first-order chi connectivity index (χ1) is 16.5. The van der Waals surface area contributed by atoms with Gasteiger partial charge < -0.3 is 18.8 Å². The highest BCUT2D eigenvalue weighted by Gasteiger charge is 2.14. The van der Waals surface area contributed by atoms with Crippen molar-refractivity contribution in [1.82, 2.24) is 19.3 Å². The molecule has 0 saturated heterocycles. The quantitative estimate of drug-likeness (QED) is 0.270. The lowest BCUT2D eigenvalue weighted by Crippen LogP contribution is -2.05. The van der Waals surface area contributed by atoms with Crippen LogP contribution < -0.4 is 9.47 Å². The van der Waals surface area contributed by atoms with E-state index >= 15 is 0 Å². The summed E-state index contributed by atoms with van der Waals surface area (Å²) in [6.45, 7) is 0.0121.